The van der Waals surface area contributed by atoms with Crippen LogP contribution in [-0.2, 0) is 4.79 Å². The minimum absolute atomic E-state index is 0.0160. The highest BCUT2D eigenvalue weighted by atomic mass is 16.6. The van der Waals surface area contributed by atoms with Gasteiger partial charge >= 0.3 is 0 Å². The summed E-state index contributed by atoms with van der Waals surface area (Å²) in [7, 11) is 0. The van der Waals surface area contributed by atoms with E-state index in [0.717, 1.165) is 11.3 Å². The Morgan fingerprint density at radius 1 is 0.971 bits per heavy atom. The number of carbonyl (C=O) groups is 1. The van der Waals surface area contributed by atoms with E-state index in [4.69, 9.17) is 0 Å². The van der Waals surface area contributed by atoms with Crippen LogP contribution in [0.3, 0.4) is 0 Å². The Morgan fingerprint density at radius 2 is 1.71 bits per heavy atom. The second kappa shape index (κ2) is 9.06. The van der Waals surface area contributed by atoms with Gasteiger partial charge in [0.1, 0.15) is 6.33 Å². The molecule has 0 spiro atoms. The first-order valence-corrected chi connectivity index (χ1v) is 10.7. The van der Waals surface area contributed by atoms with E-state index in [1.165, 1.54) is 24.5 Å². The van der Waals surface area contributed by atoms with E-state index >= 15 is 0 Å². The van der Waals surface area contributed by atoms with Gasteiger partial charge in [-0.15, -0.1) is 5.10 Å². The highest BCUT2D eigenvalue weighted by molar-refractivity contribution is 5.92. The predicted molar refractivity (Wildman–Crippen MR) is 125 cm³/mol. The first kappa shape index (κ1) is 21.2. The van der Waals surface area contributed by atoms with E-state index in [1.54, 1.807) is 27.8 Å². The molecule has 11 nitrogen and oxygen atoms in total. The molecule has 0 radical (unpaired) electrons. The van der Waals surface area contributed by atoms with Crippen LogP contribution in [0.15, 0.2) is 67.0 Å². The molecule has 0 aliphatic carbocycles. The first-order chi connectivity index (χ1) is 16.6. The van der Waals surface area contributed by atoms with Gasteiger partial charge in [-0.3, -0.25) is 14.9 Å². The van der Waals surface area contributed by atoms with Gasteiger partial charge in [0.25, 0.3) is 5.69 Å². The Kier molecular flexibility index (Phi) is 5.65. The standard InChI is InChI=1S/C23H20N8O3/c32-20(11-8-17-6-9-19(10-7-17)31(33)34)28-12-14-29(15-13-28)22-21-23(25-16-24-22)30(27-26-21)18-4-2-1-3-5-18/h1-11,16H,12-15H2/b11-8-. The van der Waals surface area contributed by atoms with Crippen LogP contribution in [0.25, 0.3) is 22.9 Å². The van der Waals surface area contributed by atoms with Gasteiger partial charge in [0, 0.05) is 44.4 Å². The highest BCUT2D eigenvalue weighted by Crippen LogP contribution is 2.23. The Bertz CT molecular complexity index is 1360. The first-order valence-electron chi connectivity index (χ1n) is 10.7. The summed E-state index contributed by atoms with van der Waals surface area (Å²) < 4.78 is 1.68. The summed E-state index contributed by atoms with van der Waals surface area (Å²) in [6, 6.07) is 15.7. The molecule has 1 saturated heterocycles. The Morgan fingerprint density at radius 3 is 2.41 bits per heavy atom. The molecule has 11 heteroatoms. The molecule has 0 unspecified atom stereocenters. The number of carbonyl (C=O) groups excluding carboxylic acids is 1. The summed E-state index contributed by atoms with van der Waals surface area (Å²) in [6.45, 7) is 2.26. The molecular weight excluding hydrogens is 436 g/mol. The van der Waals surface area contributed by atoms with Gasteiger partial charge in [-0.2, -0.15) is 4.68 Å². The molecule has 1 amide bonds. The number of non-ortho nitro benzene ring substituents is 1. The monoisotopic (exact) mass is 456 g/mol. The molecule has 1 aliphatic heterocycles. The van der Waals surface area contributed by atoms with Gasteiger partial charge < -0.3 is 9.80 Å². The molecule has 4 aromatic rings. The SMILES string of the molecule is O=C(/C=C\c1ccc([N+](=O)[O-])cc1)N1CCN(c2ncnc3c2nnn3-c2ccccc2)CC1. The summed E-state index contributed by atoms with van der Waals surface area (Å²) >= 11 is 0. The largest absolute Gasteiger partial charge is 0.351 e. The van der Waals surface area contributed by atoms with Crippen molar-refractivity contribution < 1.29 is 9.72 Å². The molecule has 2 aromatic carbocycles. The molecule has 0 saturated carbocycles. The van der Waals surface area contributed by atoms with Crippen molar-refractivity contribution in [1.29, 1.82) is 0 Å². The Balaban J connectivity index is 1.26. The third kappa shape index (κ3) is 4.18. The normalized spacial score (nSPS) is 14.1. The molecular formula is C23H20N8O3. The number of anilines is 1. The van der Waals surface area contributed by atoms with Crippen LogP contribution in [0, 0.1) is 10.1 Å². The van der Waals surface area contributed by atoms with E-state index in [1.807, 2.05) is 30.3 Å². The van der Waals surface area contributed by atoms with Gasteiger partial charge in [-0.1, -0.05) is 23.4 Å². The van der Waals surface area contributed by atoms with Crippen molar-refractivity contribution in [2.24, 2.45) is 0 Å². The number of hydrogen-bond acceptors (Lipinski definition) is 8. The lowest BCUT2D eigenvalue weighted by atomic mass is 10.2. The van der Waals surface area contributed by atoms with Crippen LogP contribution < -0.4 is 4.90 Å². The number of piperazine rings is 1. The van der Waals surface area contributed by atoms with Gasteiger partial charge in [0.15, 0.2) is 17.0 Å². The Hall–Kier alpha value is -4.67. The lowest BCUT2D eigenvalue weighted by Gasteiger charge is -2.34. The fourth-order valence-corrected chi connectivity index (χ4v) is 3.83. The number of benzene rings is 2. The topological polar surface area (TPSA) is 123 Å². The second-order valence-corrected chi connectivity index (χ2v) is 7.70. The van der Waals surface area contributed by atoms with Crippen LogP contribution in [0.2, 0.25) is 0 Å². The van der Waals surface area contributed by atoms with Gasteiger partial charge in [-0.25, -0.2) is 9.97 Å². The van der Waals surface area contributed by atoms with Crippen LogP contribution in [0.1, 0.15) is 5.56 Å². The summed E-state index contributed by atoms with van der Waals surface area (Å²) in [5.41, 5.74) is 2.85. The second-order valence-electron chi connectivity index (χ2n) is 7.70. The number of hydrogen-bond donors (Lipinski definition) is 0. The maximum Gasteiger partial charge on any atom is 0.269 e. The van der Waals surface area contributed by atoms with E-state index in [2.05, 4.69) is 25.2 Å². The van der Waals surface area contributed by atoms with E-state index in [-0.39, 0.29) is 11.6 Å². The molecule has 2 aromatic heterocycles. The number of nitro benzene ring substituents is 1. The van der Waals surface area contributed by atoms with Crippen LogP contribution >= 0.6 is 0 Å². The third-order valence-electron chi connectivity index (χ3n) is 5.63. The Labute approximate surface area is 194 Å². The summed E-state index contributed by atoms with van der Waals surface area (Å²) in [4.78, 5) is 35.6. The van der Waals surface area contributed by atoms with Crippen molar-refractivity contribution in [3.8, 4) is 5.69 Å². The number of rotatable bonds is 5. The van der Waals surface area contributed by atoms with Crippen molar-refractivity contribution in [2.75, 3.05) is 31.1 Å². The lowest BCUT2D eigenvalue weighted by Crippen LogP contribution is -2.48. The summed E-state index contributed by atoms with van der Waals surface area (Å²) in [5.74, 6) is 0.585. The fourth-order valence-electron chi connectivity index (χ4n) is 3.83. The van der Waals surface area contributed by atoms with Gasteiger partial charge in [0.2, 0.25) is 5.91 Å². The maximum atomic E-state index is 12.6. The molecule has 34 heavy (non-hydrogen) atoms. The summed E-state index contributed by atoms with van der Waals surface area (Å²) in [5, 5.41) is 19.3. The fraction of sp³-hybridized carbons (Fsp3) is 0.174. The average molecular weight is 456 g/mol. The van der Waals surface area contributed by atoms with Crippen LogP contribution in [-0.4, -0.2) is 66.9 Å². The van der Waals surface area contributed by atoms with E-state index in [9.17, 15) is 14.9 Å². The quantitative estimate of drug-likeness (QED) is 0.255. The van der Waals surface area contributed by atoms with Crippen LogP contribution in [0.5, 0.6) is 0 Å². The van der Waals surface area contributed by atoms with Crippen molar-refractivity contribution in [1.82, 2.24) is 29.9 Å². The zero-order valence-corrected chi connectivity index (χ0v) is 18.1. The molecule has 0 N–H and O–H groups in total. The average Bonchev–Trinajstić information content (AvgIpc) is 3.32. The van der Waals surface area contributed by atoms with Crippen molar-refractivity contribution >= 4 is 34.7 Å². The van der Waals surface area contributed by atoms with Gasteiger partial charge in [0.05, 0.1) is 10.6 Å². The molecule has 3 heterocycles. The lowest BCUT2D eigenvalue weighted by molar-refractivity contribution is -0.384. The number of para-hydroxylation sites is 1. The minimum Gasteiger partial charge on any atom is -0.351 e. The highest BCUT2D eigenvalue weighted by Gasteiger charge is 2.24. The van der Waals surface area contributed by atoms with E-state index in [0.29, 0.717) is 43.2 Å². The molecule has 1 aliphatic rings. The van der Waals surface area contributed by atoms with Crippen molar-refractivity contribution in [3.05, 3.63) is 82.7 Å². The molecule has 5 rings (SSSR count). The molecule has 170 valence electrons. The smallest absolute Gasteiger partial charge is 0.269 e. The van der Waals surface area contributed by atoms with Crippen molar-refractivity contribution in [3.63, 3.8) is 0 Å². The molecule has 1 fully saturated rings. The number of aromatic nitrogens is 5. The van der Waals surface area contributed by atoms with Crippen LogP contribution in [0.4, 0.5) is 11.5 Å². The zero-order valence-electron chi connectivity index (χ0n) is 18.1. The number of fused-ring (bicyclic) bond motifs is 1. The molecule has 0 bridgehead atoms. The zero-order chi connectivity index (χ0) is 23.5. The third-order valence-corrected chi connectivity index (χ3v) is 5.63. The van der Waals surface area contributed by atoms with Crippen molar-refractivity contribution in [2.45, 2.75) is 0 Å². The summed E-state index contributed by atoms with van der Waals surface area (Å²) in [6.07, 6.45) is 4.66. The maximum absolute atomic E-state index is 12.6. The number of amides is 1. The van der Waals surface area contributed by atoms with E-state index < -0.39 is 4.92 Å². The number of nitro groups is 1. The predicted octanol–water partition coefficient (Wildman–Crippen LogP) is 2.48. The number of nitrogens with zero attached hydrogens (tertiary/aromatic N) is 8. The molecule has 0 atom stereocenters. The van der Waals surface area contributed by atoms with Gasteiger partial charge in [-0.05, 0) is 35.9 Å². The minimum atomic E-state index is -0.453.